The summed E-state index contributed by atoms with van der Waals surface area (Å²) in [7, 11) is 0. The lowest BCUT2D eigenvalue weighted by molar-refractivity contribution is -0.505. The number of hydrogen-bond acceptors (Lipinski definition) is 7. The molecule has 13 unspecified atom stereocenters. The van der Waals surface area contributed by atoms with Crippen molar-refractivity contribution in [3.8, 4) is 0 Å². The molecule has 0 aromatic heterocycles. The molecule has 52 heavy (non-hydrogen) atoms. The number of halogens is 10. The van der Waals surface area contributed by atoms with E-state index in [9.17, 15) is 40.2 Å². The van der Waals surface area contributed by atoms with Crippen molar-refractivity contribution in [3.05, 3.63) is 24.3 Å². The van der Waals surface area contributed by atoms with Crippen molar-refractivity contribution in [1.82, 2.24) is 0 Å². The van der Waals surface area contributed by atoms with Gasteiger partial charge in [0, 0.05) is 0 Å². The van der Waals surface area contributed by atoms with Crippen LogP contribution in [-0.2, 0) is 28.4 Å². The summed E-state index contributed by atoms with van der Waals surface area (Å²) < 4.78 is 169. The zero-order valence-electron chi connectivity index (χ0n) is 29.0. The van der Waals surface area contributed by atoms with Crippen LogP contribution in [0.15, 0.2) is 24.3 Å². The first-order valence-corrected chi connectivity index (χ1v) is 17.9. The van der Waals surface area contributed by atoms with Gasteiger partial charge in [-0.05, 0) is 91.8 Å². The van der Waals surface area contributed by atoms with Crippen LogP contribution in [0.4, 0.5) is 43.9 Å². The second-order valence-corrected chi connectivity index (χ2v) is 15.9. The normalized spacial score (nSPS) is 45.0. The van der Waals surface area contributed by atoms with Crippen molar-refractivity contribution in [2.24, 2.45) is 53.3 Å². The Morgan fingerprint density at radius 1 is 0.731 bits per heavy atom. The number of fused-ring (bicyclic) bond motifs is 4. The van der Waals surface area contributed by atoms with Gasteiger partial charge < -0.3 is 33.5 Å². The Morgan fingerprint density at radius 2 is 1.27 bits per heavy atom. The summed E-state index contributed by atoms with van der Waals surface area (Å²) in [5.74, 6) is -18.5. The average molecular weight is 769 g/mol. The zero-order valence-corrected chi connectivity index (χ0v) is 29.0. The van der Waals surface area contributed by atoms with Crippen molar-refractivity contribution < 1.29 is 77.4 Å². The summed E-state index contributed by atoms with van der Waals surface area (Å²) in [4.78, 5) is 0. The van der Waals surface area contributed by atoms with Crippen LogP contribution < -0.4 is 0 Å². The Bertz CT molecular complexity index is 1320. The van der Waals surface area contributed by atoms with Crippen LogP contribution in [0.3, 0.4) is 0 Å². The highest BCUT2D eigenvalue weighted by molar-refractivity contribution is 5.16. The van der Waals surface area contributed by atoms with E-state index in [2.05, 4.69) is 16.4 Å². The quantitative estimate of drug-likeness (QED) is 0.159. The molecule has 2 saturated heterocycles. The fraction of sp³-hybridized carbons (Fsp3) is 0.886. The maximum Gasteiger partial charge on any atom is 0.450 e. The van der Waals surface area contributed by atoms with E-state index in [4.69, 9.17) is 18.9 Å². The summed E-state index contributed by atoms with van der Waals surface area (Å²) in [5.41, 5.74) is 0. The van der Waals surface area contributed by atoms with E-state index >= 15 is 8.78 Å². The Kier molecular flexibility index (Phi) is 11.0. The molecular weight excluding hydrogens is 722 g/mol. The van der Waals surface area contributed by atoms with Crippen molar-refractivity contribution >= 4 is 0 Å². The van der Waals surface area contributed by atoms with E-state index < -0.39 is 80.2 Å². The molecular formula is C35H46F10O7. The molecule has 3 saturated carbocycles. The Balaban J connectivity index is 0.000000198. The van der Waals surface area contributed by atoms with Crippen LogP contribution in [0.2, 0.25) is 0 Å². The number of aliphatic hydroxyl groups is 1. The van der Waals surface area contributed by atoms with Gasteiger partial charge in [-0.25, -0.2) is 0 Å². The first-order valence-electron chi connectivity index (χ1n) is 17.9. The summed E-state index contributed by atoms with van der Waals surface area (Å²) >= 11 is 0. The Morgan fingerprint density at radius 3 is 1.73 bits per heavy atom. The molecule has 5 fully saturated rings. The second kappa shape index (κ2) is 14.2. The van der Waals surface area contributed by atoms with Crippen LogP contribution in [0.5, 0.6) is 0 Å². The van der Waals surface area contributed by atoms with E-state index in [1.54, 1.807) is 6.08 Å². The molecule has 7 nitrogen and oxygen atoms in total. The van der Waals surface area contributed by atoms with Crippen molar-refractivity contribution in [2.45, 2.75) is 120 Å². The molecule has 17 heteroatoms. The highest BCUT2D eigenvalue weighted by Crippen LogP contribution is 2.57. The van der Waals surface area contributed by atoms with E-state index in [1.807, 2.05) is 32.1 Å². The van der Waals surface area contributed by atoms with E-state index in [-0.39, 0.29) is 41.6 Å². The topological polar surface area (TPSA) is 75.6 Å². The van der Waals surface area contributed by atoms with Crippen LogP contribution >= 0.6 is 0 Å². The van der Waals surface area contributed by atoms with Gasteiger partial charge in [-0.2, -0.15) is 43.9 Å². The minimum Gasteiger partial charge on any atom is -0.354 e. The number of alkyl halides is 10. The van der Waals surface area contributed by atoms with Gasteiger partial charge in [0.05, 0.1) is 6.10 Å². The van der Waals surface area contributed by atoms with Crippen molar-refractivity contribution in [3.63, 3.8) is 0 Å². The summed E-state index contributed by atoms with van der Waals surface area (Å²) in [6.45, 7) is 3.27. The fourth-order valence-electron chi connectivity index (χ4n) is 9.56. The summed E-state index contributed by atoms with van der Waals surface area (Å²) in [6, 6.07) is 0. The molecule has 0 radical (unpaired) electrons. The smallest absolute Gasteiger partial charge is 0.354 e. The van der Waals surface area contributed by atoms with Crippen molar-refractivity contribution in [1.29, 1.82) is 0 Å². The number of allylic oxidation sites excluding steroid dienone is 4. The third kappa shape index (κ3) is 6.84. The number of hydrogen-bond donors (Lipinski definition) is 1. The lowest BCUT2D eigenvalue weighted by Crippen LogP contribution is -2.71. The monoisotopic (exact) mass is 768 g/mol. The molecule has 0 aromatic rings. The zero-order chi connectivity index (χ0) is 38.1. The van der Waals surface area contributed by atoms with Crippen LogP contribution in [0.1, 0.15) is 65.7 Å². The predicted octanol–water partition coefficient (Wildman–Crippen LogP) is 8.37. The minimum atomic E-state index is -5.59. The second-order valence-electron chi connectivity index (χ2n) is 15.9. The van der Waals surface area contributed by atoms with Gasteiger partial charge in [0.15, 0.2) is 20.4 Å². The molecule has 298 valence electrons. The highest BCUT2D eigenvalue weighted by atomic mass is 19.4. The SMILES string of the molecule is CC1CCC(C(C)C)C(OCOC2(C(F)(F)F)OCOC(C3CC4C=CC3C4)C2(F)F)C1.OC1(C(F)(F)F)OCOC(C2CC3C=CC2C3)C1(F)F. The first-order chi connectivity index (χ1) is 24.1. The van der Waals surface area contributed by atoms with E-state index in [0.29, 0.717) is 38.0 Å². The molecule has 7 aliphatic rings. The predicted molar refractivity (Wildman–Crippen MR) is 161 cm³/mol. The van der Waals surface area contributed by atoms with Crippen LogP contribution in [0.25, 0.3) is 0 Å². The molecule has 0 aromatic carbocycles. The standard InChI is InChI=1S/C23H33F5O4.C12H13F5O3/c1-13(2)17-7-4-14(3)8-19(17)29-11-31-22(23(26,27)28)21(24,25)20(30-12-32-22)18-10-15-5-6-16(18)9-15;13-10(14)9(8-4-6-1-2-7(8)3-6)19-5-20-11(10,18)12(15,16)17/h5-6,13-20H,4,7-12H2,1-3H3;1-2,6-9,18H,3-5H2. The van der Waals surface area contributed by atoms with Gasteiger partial charge in [0.1, 0.15) is 12.2 Å². The van der Waals surface area contributed by atoms with Gasteiger partial charge in [0.25, 0.3) is 0 Å². The highest BCUT2D eigenvalue weighted by Gasteiger charge is 2.79. The van der Waals surface area contributed by atoms with Gasteiger partial charge in [-0.1, -0.05) is 51.5 Å². The number of ether oxygens (including phenoxy) is 6. The van der Waals surface area contributed by atoms with Gasteiger partial charge in [-0.3, -0.25) is 0 Å². The molecule has 2 heterocycles. The average Bonchev–Trinajstić information content (AvgIpc) is 3.85. The Hall–Kier alpha value is -1.50. The van der Waals surface area contributed by atoms with Crippen molar-refractivity contribution in [2.75, 3.05) is 20.4 Å². The fourth-order valence-corrected chi connectivity index (χ4v) is 9.56. The van der Waals surface area contributed by atoms with Gasteiger partial charge in [-0.15, -0.1) is 0 Å². The molecule has 5 aliphatic carbocycles. The molecule has 7 rings (SSSR count). The number of rotatable bonds is 7. The van der Waals surface area contributed by atoms with Crippen LogP contribution in [-0.4, -0.2) is 79.6 Å². The Labute approximate surface area is 295 Å². The van der Waals surface area contributed by atoms with Gasteiger partial charge >= 0.3 is 35.8 Å². The molecule has 0 spiro atoms. The third-order valence-corrected chi connectivity index (χ3v) is 12.3. The molecule has 4 bridgehead atoms. The maximum absolute atomic E-state index is 15.5. The van der Waals surface area contributed by atoms with E-state index in [0.717, 1.165) is 12.8 Å². The van der Waals surface area contributed by atoms with Crippen LogP contribution in [0, 0.1) is 53.3 Å². The molecule has 0 amide bonds. The first kappa shape index (κ1) is 40.2. The summed E-state index contributed by atoms with van der Waals surface area (Å²) in [6.07, 6.45) is -3.38. The minimum absolute atomic E-state index is 0.103. The molecule has 13 atom stereocenters. The molecule has 1 N–H and O–H groups in total. The van der Waals surface area contributed by atoms with E-state index in [1.165, 1.54) is 0 Å². The summed E-state index contributed by atoms with van der Waals surface area (Å²) in [5, 5.41) is 9.34. The largest absolute Gasteiger partial charge is 0.450 e. The lowest BCUT2D eigenvalue weighted by atomic mass is 9.75. The maximum atomic E-state index is 15.5. The van der Waals surface area contributed by atoms with Gasteiger partial charge in [0.2, 0.25) is 0 Å². The molecule has 2 aliphatic heterocycles. The lowest BCUT2D eigenvalue weighted by Gasteiger charge is -2.49. The third-order valence-electron chi connectivity index (χ3n) is 12.3.